The molecule has 0 radical (unpaired) electrons. The fourth-order valence-electron chi connectivity index (χ4n) is 2.98. The number of halogens is 2. The maximum Gasteiger partial charge on any atom is 0.387 e. The summed E-state index contributed by atoms with van der Waals surface area (Å²) < 4.78 is 28.9. The standard InChI is InChI=1S/C18H28F2N4OS/c1-21-18(22-10-4-12-26-2)23-14-5-3-11-24(13-14)15-6-8-16(9-7-15)25-17(19)20/h6-9,14,17H,3-5,10-13H2,1-2H3,(H2,21,22,23). The van der Waals surface area contributed by atoms with Gasteiger partial charge in [0.15, 0.2) is 5.96 Å². The van der Waals surface area contributed by atoms with Crippen LogP contribution in [0, 0.1) is 0 Å². The SMILES string of the molecule is CN=C(NCCCSC)NC1CCCN(c2ccc(OC(F)F)cc2)C1. The summed E-state index contributed by atoms with van der Waals surface area (Å²) in [6.45, 7) is -0.0876. The molecule has 0 amide bonds. The van der Waals surface area contributed by atoms with Crippen LogP contribution in [0.15, 0.2) is 29.3 Å². The number of nitrogens with one attached hydrogen (secondary N) is 2. The van der Waals surface area contributed by atoms with Gasteiger partial charge in [-0.05, 0) is 55.5 Å². The van der Waals surface area contributed by atoms with Crippen molar-refractivity contribution in [2.75, 3.05) is 43.6 Å². The van der Waals surface area contributed by atoms with Gasteiger partial charge in [0.05, 0.1) is 0 Å². The van der Waals surface area contributed by atoms with E-state index in [1.54, 1.807) is 19.2 Å². The number of benzene rings is 1. The van der Waals surface area contributed by atoms with Crippen LogP contribution in [0.4, 0.5) is 14.5 Å². The van der Waals surface area contributed by atoms with Crippen LogP contribution in [0.3, 0.4) is 0 Å². The second-order valence-electron chi connectivity index (χ2n) is 6.15. The van der Waals surface area contributed by atoms with E-state index in [1.807, 2.05) is 23.9 Å². The summed E-state index contributed by atoms with van der Waals surface area (Å²) in [5.41, 5.74) is 1.01. The molecule has 0 aliphatic carbocycles. The highest BCUT2D eigenvalue weighted by atomic mass is 32.2. The molecule has 2 N–H and O–H groups in total. The maximum absolute atomic E-state index is 12.3. The van der Waals surface area contributed by atoms with Gasteiger partial charge in [-0.2, -0.15) is 20.5 Å². The summed E-state index contributed by atoms with van der Waals surface area (Å²) in [5, 5.41) is 6.84. The molecule has 1 unspecified atom stereocenters. The molecule has 1 aliphatic rings. The van der Waals surface area contributed by atoms with E-state index < -0.39 is 6.61 Å². The first-order valence-corrected chi connectivity index (χ1v) is 10.3. The van der Waals surface area contributed by atoms with Gasteiger partial charge in [0, 0.05) is 38.4 Å². The third-order valence-electron chi connectivity index (χ3n) is 4.23. The number of hydrogen-bond acceptors (Lipinski definition) is 4. The second-order valence-corrected chi connectivity index (χ2v) is 7.13. The van der Waals surface area contributed by atoms with Crippen LogP contribution in [0.25, 0.3) is 0 Å². The first-order chi connectivity index (χ1) is 12.6. The van der Waals surface area contributed by atoms with Crippen molar-refractivity contribution < 1.29 is 13.5 Å². The fourth-order valence-corrected chi connectivity index (χ4v) is 3.41. The Balaban J connectivity index is 1.85. The van der Waals surface area contributed by atoms with Gasteiger partial charge in [-0.3, -0.25) is 4.99 Å². The van der Waals surface area contributed by atoms with Crippen LogP contribution in [-0.2, 0) is 0 Å². The number of piperidine rings is 1. The average Bonchev–Trinajstić information content (AvgIpc) is 2.64. The minimum Gasteiger partial charge on any atom is -0.435 e. The van der Waals surface area contributed by atoms with Crippen LogP contribution < -0.4 is 20.3 Å². The molecule has 26 heavy (non-hydrogen) atoms. The number of guanidine groups is 1. The van der Waals surface area contributed by atoms with Crippen molar-refractivity contribution in [1.29, 1.82) is 0 Å². The molecule has 5 nitrogen and oxygen atoms in total. The Kier molecular flexibility index (Phi) is 8.80. The van der Waals surface area contributed by atoms with Gasteiger partial charge in [-0.25, -0.2) is 0 Å². The lowest BCUT2D eigenvalue weighted by atomic mass is 10.0. The van der Waals surface area contributed by atoms with Crippen molar-refractivity contribution in [2.45, 2.75) is 31.9 Å². The highest BCUT2D eigenvalue weighted by molar-refractivity contribution is 7.98. The van der Waals surface area contributed by atoms with Gasteiger partial charge >= 0.3 is 6.61 Å². The molecule has 146 valence electrons. The Hall–Kier alpha value is -1.70. The van der Waals surface area contributed by atoms with Gasteiger partial charge in [0.25, 0.3) is 0 Å². The molecule has 1 heterocycles. The topological polar surface area (TPSA) is 48.9 Å². The zero-order chi connectivity index (χ0) is 18.8. The van der Waals surface area contributed by atoms with Crippen molar-refractivity contribution in [3.8, 4) is 5.75 Å². The quantitative estimate of drug-likeness (QED) is 0.408. The Morgan fingerprint density at radius 3 is 2.81 bits per heavy atom. The molecule has 0 aromatic heterocycles. The second kappa shape index (κ2) is 11.1. The van der Waals surface area contributed by atoms with Crippen LogP contribution in [0.2, 0.25) is 0 Å². The van der Waals surface area contributed by atoms with Gasteiger partial charge in [0.1, 0.15) is 5.75 Å². The van der Waals surface area contributed by atoms with Gasteiger partial charge in [-0.1, -0.05) is 0 Å². The number of rotatable bonds is 8. The number of hydrogen-bond donors (Lipinski definition) is 2. The highest BCUT2D eigenvalue weighted by Gasteiger charge is 2.21. The number of nitrogens with zero attached hydrogens (tertiary/aromatic N) is 2. The lowest BCUT2D eigenvalue weighted by molar-refractivity contribution is -0.0498. The fraction of sp³-hybridized carbons (Fsp3) is 0.611. The van der Waals surface area contributed by atoms with Crippen molar-refractivity contribution in [2.24, 2.45) is 4.99 Å². The lowest BCUT2D eigenvalue weighted by Crippen LogP contribution is -2.51. The number of ether oxygens (including phenoxy) is 1. The summed E-state index contributed by atoms with van der Waals surface area (Å²) in [5.74, 6) is 2.15. The minimum atomic E-state index is -2.79. The minimum absolute atomic E-state index is 0.185. The Morgan fingerprint density at radius 1 is 1.38 bits per heavy atom. The molecule has 0 saturated carbocycles. The average molecular weight is 387 g/mol. The van der Waals surface area contributed by atoms with Crippen molar-refractivity contribution in [3.05, 3.63) is 24.3 Å². The predicted molar refractivity (Wildman–Crippen MR) is 106 cm³/mol. The molecule has 1 aromatic carbocycles. The lowest BCUT2D eigenvalue weighted by Gasteiger charge is -2.35. The molecule has 1 aliphatic heterocycles. The first kappa shape index (κ1) is 20.6. The third-order valence-corrected chi connectivity index (χ3v) is 4.93. The van der Waals surface area contributed by atoms with E-state index in [0.29, 0.717) is 6.04 Å². The van der Waals surface area contributed by atoms with Gasteiger partial charge in [-0.15, -0.1) is 0 Å². The van der Waals surface area contributed by atoms with E-state index in [9.17, 15) is 8.78 Å². The number of alkyl halides is 2. The van der Waals surface area contributed by atoms with Gasteiger partial charge < -0.3 is 20.3 Å². The van der Waals surface area contributed by atoms with Crippen molar-refractivity contribution in [1.82, 2.24) is 10.6 Å². The Bertz CT molecular complexity index is 557. The predicted octanol–water partition coefficient (Wildman–Crippen LogP) is 3.17. The molecular weight excluding hydrogens is 358 g/mol. The van der Waals surface area contributed by atoms with Crippen molar-refractivity contribution in [3.63, 3.8) is 0 Å². The van der Waals surface area contributed by atoms with E-state index in [4.69, 9.17) is 0 Å². The summed E-state index contributed by atoms with van der Waals surface area (Å²) in [6, 6.07) is 7.13. The number of anilines is 1. The molecule has 1 saturated heterocycles. The van der Waals surface area contributed by atoms with Crippen LogP contribution in [-0.4, -0.2) is 57.3 Å². The Morgan fingerprint density at radius 2 is 2.15 bits per heavy atom. The van der Waals surface area contributed by atoms with Crippen LogP contribution in [0.5, 0.6) is 5.75 Å². The maximum atomic E-state index is 12.3. The largest absolute Gasteiger partial charge is 0.435 e. The summed E-state index contributed by atoms with van der Waals surface area (Å²) in [7, 11) is 1.78. The van der Waals surface area contributed by atoms with Crippen LogP contribution >= 0.6 is 11.8 Å². The molecule has 0 bridgehead atoms. The van der Waals surface area contributed by atoms with Crippen LogP contribution in [0.1, 0.15) is 19.3 Å². The summed E-state index contributed by atoms with van der Waals surface area (Å²) in [6.07, 6.45) is 5.35. The Labute approximate surface area is 158 Å². The number of aliphatic imine (C=N–C) groups is 1. The molecule has 1 atom stereocenters. The normalized spacial score (nSPS) is 18.1. The first-order valence-electron chi connectivity index (χ1n) is 8.88. The molecule has 2 rings (SSSR count). The van der Waals surface area contributed by atoms with E-state index in [2.05, 4.69) is 31.5 Å². The summed E-state index contributed by atoms with van der Waals surface area (Å²) >= 11 is 1.84. The third kappa shape index (κ3) is 6.90. The van der Waals surface area contributed by atoms with Gasteiger partial charge in [0.2, 0.25) is 0 Å². The zero-order valence-electron chi connectivity index (χ0n) is 15.4. The smallest absolute Gasteiger partial charge is 0.387 e. The molecule has 1 aromatic rings. The van der Waals surface area contributed by atoms with E-state index >= 15 is 0 Å². The number of thioether (sulfide) groups is 1. The molecule has 0 spiro atoms. The zero-order valence-corrected chi connectivity index (χ0v) is 16.2. The highest BCUT2D eigenvalue weighted by Crippen LogP contribution is 2.23. The van der Waals surface area contributed by atoms with Crippen molar-refractivity contribution >= 4 is 23.4 Å². The molecule has 8 heteroatoms. The van der Waals surface area contributed by atoms with E-state index in [-0.39, 0.29) is 5.75 Å². The van der Waals surface area contributed by atoms with E-state index in [0.717, 1.165) is 56.3 Å². The molecule has 1 fully saturated rings. The molecular formula is C18H28F2N4OS. The summed E-state index contributed by atoms with van der Waals surface area (Å²) in [4.78, 5) is 6.56. The monoisotopic (exact) mass is 386 g/mol. The van der Waals surface area contributed by atoms with E-state index in [1.165, 1.54) is 0 Å².